The van der Waals surface area contributed by atoms with Gasteiger partial charge in [0.2, 0.25) is 5.91 Å². The van der Waals surface area contributed by atoms with Gasteiger partial charge in [0.15, 0.2) is 5.13 Å². The van der Waals surface area contributed by atoms with E-state index in [0.717, 1.165) is 11.1 Å². The zero-order chi connectivity index (χ0) is 18.6. The van der Waals surface area contributed by atoms with Gasteiger partial charge in [0, 0.05) is 16.5 Å². The summed E-state index contributed by atoms with van der Waals surface area (Å²) in [5, 5.41) is 8.73. The van der Waals surface area contributed by atoms with Gasteiger partial charge in [-0.15, -0.1) is 11.3 Å². The molecule has 0 bridgehead atoms. The Labute approximate surface area is 158 Å². The van der Waals surface area contributed by atoms with E-state index in [2.05, 4.69) is 15.6 Å². The van der Waals surface area contributed by atoms with Gasteiger partial charge in [0.05, 0.1) is 17.8 Å². The van der Waals surface area contributed by atoms with Crippen molar-refractivity contribution in [2.24, 2.45) is 0 Å². The zero-order valence-corrected chi connectivity index (χ0v) is 15.0. The van der Waals surface area contributed by atoms with E-state index in [-0.39, 0.29) is 12.5 Å². The first kappa shape index (κ1) is 17.0. The minimum absolute atomic E-state index is 0.122. The molecule has 27 heavy (non-hydrogen) atoms. The Morgan fingerprint density at radius 3 is 2.70 bits per heavy atom. The van der Waals surface area contributed by atoms with Crippen LogP contribution in [0.4, 0.5) is 10.8 Å². The maximum absolute atomic E-state index is 12.2. The molecule has 0 atom stereocenters. The summed E-state index contributed by atoms with van der Waals surface area (Å²) in [6, 6.07) is 18.5. The monoisotopic (exact) mass is 377 g/mol. The summed E-state index contributed by atoms with van der Waals surface area (Å²) in [4.78, 5) is 28.7. The van der Waals surface area contributed by atoms with E-state index in [4.69, 9.17) is 4.42 Å². The fourth-order valence-corrected chi connectivity index (χ4v) is 3.32. The predicted molar refractivity (Wildman–Crippen MR) is 107 cm³/mol. The Morgan fingerprint density at radius 2 is 1.85 bits per heavy atom. The number of carbonyl (C=O) groups is 1. The second-order valence-electron chi connectivity index (χ2n) is 5.79. The normalized spacial score (nSPS) is 10.7. The van der Waals surface area contributed by atoms with Gasteiger partial charge in [-0.05, 0) is 24.3 Å². The summed E-state index contributed by atoms with van der Waals surface area (Å²) in [6.07, 6.45) is 0. The molecule has 0 spiro atoms. The number of thiazole rings is 1. The first-order chi connectivity index (χ1) is 13.2. The molecule has 0 fully saturated rings. The summed E-state index contributed by atoms with van der Waals surface area (Å²) in [5.74, 6) is -0.217. The van der Waals surface area contributed by atoms with E-state index in [1.165, 1.54) is 11.3 Å². The van der Waals surface area contributed by atoms with Crippen molar-refractivity contribution in [3.8, 4) is 11.3 Å². The van der Waals surface area contributed by atoms with Crippen LogP contribution in [0, 0.1) is 0 Å². The van der Waals surface area contributed by atoms with Gasteiger partial charge in [-0.2, -0.15) is 0 Å². The van der Waals surface area contributed by atoms with Crippen LogP contribution < -0.4 is 16.3 Å². The zero-order valence-electron chi connectivity index (χ0n) is 14.1. The standard InChI is InChI=1S/C20H15N3O3S/c24-18(11-21-14-7-2-1-3-8-14)23-20-22-16(12-27-20)15-10-13-6-4-5-9-17(13)26-19(15)25/h1-10,12,21H,11H2,(H,22,23,24). The minimum atomic E-state index is -0.456. The molecule has 0 aliphatic rings. The lowest BCUT2D eigenvalue weighted by molar-refractivity contribution is -0.114. The first-order valence-corrected chi connectivity index (χ1v) is 9.14. The van der Waals surface area contributed by atoms with E-state index in [9.17, 15) is 9.59 Å². The number of rotatable bonds is 5. The number of hydrogen-bond donors (Lipinski definition) is 2. The lowest BCUT2D eigenvalue weighted by Gasteiger charge is -2.05. The van der Waals surface area contributed by atoms with Crippen LogP contribution in [0.15, 0.2) is 75.3 Å². The Morgan fingerprint density at radius 1 is 1.07 bits per heavy atom. The van der Waals surface area contributed by atoms with Crippen LogP contribution in [0.25, 0.3) is 22.2 Å². The predicted octanol–water partition coefficient (Wildman–Crippen LogP) is 3.97. The maximum atomic E-state index is 12.2. The van der Waals surface area contributed by atoms with Crippen molar-refractivity contribution >= 4 is 39.0 Å². The van der Waals surface area contributed by atoms with Gasteiger partial charge in [0.1, 0.15) is 5.58 Å². The molecule has 6 nitrogen and oxygen atoms in total. The summed E-state index contributed by atoms with van der Waals surface area (Å²) in [7, 11) is 0. The molecule has 0 aliphatic carbocycles. The van der Waals surface area contributed by atoms with Crippen LogP contribution in [0.5, 0.6) is 0 Å². The minimum Gasteiger partial charge on any atom is -0.422 e. The van der Waals surface area contributed by atoms with Gasteiger partial charge in [-0.3, -0.25) is 4.79 Å². The Kier molecular flexibility index (Phi) is 4.67. The second-order valence-corrected chi connectivity index (χ2v) is 6.65. The molecule has 0 radical (unpaired) electrons. The average molecular weight is 377 g/mol. The molecule has 2 N–H and O–H groups in total. The number of carbonyl (C=O) groups excluding carboxylic acids is 1. The van der Waals surface area contributed by atoms with Crippen molar-refractivity contribution in [2.75, 3.05) is 17.2 Å². The number of para-hydroxylation sites is 2. The molecule has 4 aromatic rings. The lowest BCUT2D eigenvalue weighted by Crippen LogP contribution is -2.21. The maximum Gasteiger partial charge on any atom is 0.345 e. The van der Waals surface area contributed by atoms with Gasteiger partial charge in [0.25, 0.3) is 0 Å². The molecule has 7 heteroatoms. The van der Waals surface area contributed by atoms with E-state index in [0.29, 0.717) is 22.0 Å². The Balaban J connectivity index is 1.48. The van der Waals surface area contributed by atoms with Crippen LogP contribution in [-0.2, 0) is 4.79 Å². The topological polar surface area (TPSA) is 84.2 Å². The van der Waals surface area contributed by atoms with E-state index in [1.807, 2.05) is 48.5 Å². The van der Waals surface area contributed by atoms with Crippen LogP contribution >= 0.6 is 11.3 Å². The largest absolute Gasteiger partial charge is 0.422 e. The summed E-state index contributed by atoms with van der Waals surface area (Å²) >= 11 is 1.26. The van der Waals surface area contributed by atoms with Crippen LogP contribution in [-0.4, -0.2) is 17.4 Å². The third-order valence-corrected chi connectivity index (χ3v) is 4.65. The van der Waals surface area contributed by atoms with E-state index < -0.39 is 5.63 Å². The van der Waals surface area contributed by atoms with Crippen molar-refractivity contribution in [3.63, 3.8) is 0 Å². The number of aromatic nitrogens is 1. The number of hydrogen-bond acceptors (Lipinski definition) is 6. The fourth-order valence-electron chi connectivity index (χ4n) is 2.60. The molecule has 134 valence electrons. The molecular weight excluding hydrogens is 362 g/mol. The fraction of sp³-hybridized carbons (Fsp3) is 0.0500. The number of fused-ring (bicyclic) bond motifs is 1. The van der Waals surface area contributed by atoms with E-state index in [1.54, 1.807) is 17.5 Å². The first-order valence-electron chi connectivity index (χ1n) is 8.26. The highest BCUT2D eigenvalue weighted by molar-refractivity contribution is 7.14. The SMILES string of the molecule is O=C(CNc1ccccc1)Nc1nc(-c2cc3ccccc3oc2=O)cs1. The van der Waals surface area contributed by atoms with Crippen LogP contribution in [0.1, 0.15) is 0 Å². The number of benzene rings is 2. The van der Waals surface area contributed by atoms with Crippen molar-refractivity contribution < 1.29 is 9.21 Å². The molecule has 0 unspecified atom stereocenters. The van der Waals surface area contributed by atoms with Crippen LogP contribution in [0.3, 0.4) is 0 Å². The highest BCUT2D eigenvalue weighted by atomic mass is 32.1. The average Bonchev–Trinajstić information content (AvgIpc) is 3.15. The molecular formula is C20H15N3O3S. The summed E-state index contributed by atoms with van der Waals surface area (Å²) in [5.41, 5.74) is 1.78. The molecule has 4 rings (SSSR count). The number of amides is 1. The quantitative estimate of drug-likeness (QED) is 0.514. The van der Waals surface area contributed by atoms with Crippen molar-refractivity contribution in [3.05, 3.63) is 76.5 Å². The molecule has 0 saturated heterocycles. The third-order valence-electron chi connectivity index (χ3n) is 3.89. The molecule has 2 heterocycles. The molecule has 0 saturated carbocycles. The number of nitrogens with one attached hydrogen (secondary N) is 2. The second kappa shape index (κ2) is 7.43. The molecule has 2 aromatic heterocycles. The molecule has 0 aliphatic heterocycles. The summed E-state index contributed by atoms with van der Waals surface area (Å²) < 4.78 is 5.34. The number of anilines is 2. The van der Waals surface area contributed by atoms with Crippen LogP contribution in [0.2, 0.25) is 0 Å². The van der Waals surface area contributed by atoms with Crippen molar-refractivity contribution in [2.45, 2.75) is 0 Å². The number of nitrogens with zero attached hydrogens (tertiary/aromatic N) is 1. The van der Waals surface area contributed by atoms with Gasteiger partial charge in [-0.25, -0.2) is 9.78 Å². The van der Waals surface area contributed by atoms with E-state index >= 15 is 0 Å². The Hall–Kier alpha value is -3.45. The lowest BCUT2D eigenvalue weighted by atomic mass is 10.1. The summed E-state index contributed by atoms with van der Waals surface area (Å²) in [6.45, 7) is 0.122. The van der Waals surface area contributed by atoms with Gasteiger partial charge < -0.3 is 15.1 Å². The van der Waals surface area contributed by atoms with Crippen molar-refractivity contribution in [1.82, 2.24) is 4.98 Å². The molecule has 1 amide bonds. The van der Waals surface area contributed by atoms with Gasteiger partial charge >= 0.3 is 5.63 Å². The smallest absolute Gasteiger partial charge is 0.345 e. The highest BCUT2D eigenvalue weighted by Gasteiger charge is 2.13. The molecule has 2 aromatic carbocycles. The van der Waals surface area contributed by atoms with Crippen molar-refractivity contribution in [1.29, 1.82) is 0 Å². The highest BCUT2D eigenvalue weighted by Crippen LogP contribution is 2.25. The van der Waals surface area contributed by atoms with Gasteiger partial charge in [-0.1, -0.05) is 36.4 Å². The third kappa shape index (κ3) is 3.88. The Bertz CT molecular complexity index is 1150.